The lowest BCUT2D eigenvalue weighted by Crippen LogP contribution is -2.56. The zero-order chi connectivity index (χ0) is 31.2. The Morgan fingerprint density at radius 3 is 2.36 bits per heavy atom. The van der Waals surface area contributed by atoms with Crippen molar-refractivity contribution in [1.29, 1.82) is 0 Å². The molecule has 1 saturated heterocycles. The number of hydrogen-bond donors (Lipinski definition) is 1. The summed E-state index contributed by atoms with van der Waals surface area (Å²) in [6.45, 7) is 13.4. The molecule has 0 radical (unpaired) electrons. The number of nitrogens with one attached hydrogen (secondary N) is 1. The van der Waals surface area contributed by atoms with Crippen molar-refractivity contribution in [3.05, 3.63) is 59.4 Å². The minimum Gasteiger partial charge on any atom is -0.414 e. The summed E-state index contributed by atoms with van der Waals surface area (Å²) in [5.41, 5.74) is 5.20. The molecule has 2 aliphatic carbocycles. The van der Waals surface area contributed by atoms with Gasteiger partial charge in [0.05, 0.1) is 11.2 Å². The predicted molar refractivity (Wildman–Crippen MR) is 178 cm³/mol. The van der Waals surface area contributed by atoms with E-state index in [9.17, 15) is 9.59 Å². The number of aryl methyl sites for hydroxylation is 1. The second-order valence-corrected chi connectivity index (χ2v) is 19.4. The van der Waals surface area contributed by atoms with Crippen molar-refractivity contribution < 1.29 is 14.0 Å². The number of nitrogens with zero attached hydrogens (tertiary/aromatic N) is 4. The molecule has 0 spiro atoms. The van der Waals surface area contributed by atoms with Crippen LogP contribution in [0.3, 0.4) is 0 Å². The molecule has 3 aromatic rings. The number of aromatic nitrogens is 2. The Morgan fingerprint density at radius 2 is 1.73 bits per heavy atom. The number of piperazine rings is 1. The number of carbonyl (C=O) groups is 2. The van der Waals surface area contributed by atoms with Crippen LogP contribution in [-0.4, -0.2) is 71.3 Å². The van der Waals surface area contributed by atoms with E-state index in [0.717, 1.165) is 42.4 Å². The molecule has 8 nitrogen and oxygen atoms in total. The lowest BCUT2D eigenvalue weighted by molar-refractivity contribution is -0.138. The van der Waals surface area contributed by atoms with Crippen LogP contribution >= 0.6 is 0 Å². The fourth-order valence-electron chi connectivity index (χ4n) is 6.54. The van der Waals surface area contributed by atoms with Gasteiger partial charge in [0, 0.05) is 38.8 Å². The Balaban J connectivity index is 1.12. The van der Waals surface area contributed by atoms with Gasteiger partial charge >= 0.3 is 0 Å². The average Bonchev–Trinajstić information content (AvgIpc) is 3.79. The molecule has 1 aromatic heterocycles. The van der Waals surface area contributed by atoms with Crippen molar-refractivity contribution in [1.82, 2.24) is 19.4 Å². The van der Waals surface area contributed by atoms with Gasteiger partial charge in [-0.05, 0) is 85.8 Å². The summed E-state index contributed by atoms with van der Waals surface area (Å²) in [6.07, 6.45) is 6.60. The van der Waals surface area contributed by atoms with Crippen LogP contribution in [0.2, 0.25) is 18.1 Å². The molecular formula is C35H49N5O3Si. The summed E-state index contributed by atoms with van der Waals surface area (Å²) in [6, 6.07) is 14.9. The van der Waals surface area contributed by atoms with Gasteiger partial charge in [0.25, 0.3) is 5.91 Å². The summed E-state index contributed by atoms with van der Waals surface area (Å²) in [7, 11) is 0.114. The van der Waals surface area contributed by atoms with Crippen LogP contribution in [0.5, 0.6) is 0 Å². The second kappa shape index (κ2) is 12.0. The lowest BCUT2D eigenvalue weighted by Gasteiger charge is -2.44. The van der Waals surface area contributed by atoms with Crippen LogP contribution in [0.25, 0.3) is 11.0 Å². The van der Waals surface area contributed by atoms with Gasteiger partial charge in [-0.3, -0.25) is 9.59 Å². The first kappa shape index (κ1) is 30.8. The van der Waals surface area contributed by atoms with E-state index in [0.29, 0.717) is 31.4 Å². The topological polar surface area (TPSA) is 79.7 Å². The molecule has 3 fully saturated rings. The molecule has 2 amide bonds. The molecule has 6 rings (SSSR count). The van der Waals surface area contributed by atoms with E-state index in [-0.39, 0.29) is 35.5 Å². The van der Waals surface area contributed by atoms with E-state index >= 15 is 0 Å². The van der Waals surface area contributed by atoms with Crippen LogP contribution in [0.4, 0.5) is 5.69 Å². The minimum atomic E-state index is -1.81. The standard InChI is InChI=1S/C35H49N5O3Si/c1-35(2,3)44(5,6)43-28-16-14-27(15-17-28)40-19-18-39(23-31(40)41)34(42)33-37-32-29(36-22-24-10-8-7-9-11-24)20-26(25-12-13-25)21-30(32)38(33)4/h7-11,20-21,25,27-28,36H,12-19,22-23H2,1-6H3/t27-,28-. The first-order chi connectivity index (χ1) is 20.9. The molecule has 1 N–H and O–H groups in total. The van der Waals surface area contributed by atoms with Crippen molar-refractivity contribution in [2.24, 2.45) is 7.05 Å². The number of anilines is 1. The average molecular weight is 616 g/mol. The van der Waals surface area contributed by atoms with Gasteiger partial charge in [0.2, 0.25) is 5.91 Å². The van der Waals surface area contributed by atoms with Crippen LogP contribution in [-0.2, 0) is 22.8 Å². The largest absolute Gasteiger partial charge is 0.414 e. The Kier molecular flexibility index (Phi) is 8.39. The molecule has 0 unspecified atom stereocenters. The molecule has 44 heavy (non-hydrogen) atoms. The van der Waals surface area contributed by atoms with Crippen LogP contribution in [0, 0.1) is 0 Å². The zero-order valence-corrected chi connectivity index (χ0v) is 28.4. The highest BCUT2D eigenvalue weighted by Gasteiger charge is 2.41. The highest BCUT2D eigenvalue weighted by molar-refractivity contribution is 6.74. The number of amides is 2. The molecule has 0 atom stereocenters. The third-order valence-corrected chi connectivity index (χ3v) is 15.0. The third-order valence-electron chi connectivity index (χ3n) is 10.5. The van der Waals surface area contributed by atoms with Gasteiger partial charge in [-0.1, -0.05) is 51.1 Å². The number of imidazole rings is 1. The zero-order valence-electron chi connectivity index (χ0n) is 27.4. The Morgan fingerprint density at radius 1 is 1.02 bits per heavy atom. The van der Waals surface area contributed by atoms with Gasteiger partial charge in [-0.25, -0.2) is 4.98 Å². The molecule has 2 aromatic carbocycles. The van der Waals surface area contributed by atoms with E-state index < -0.39 is 8.32 Å². The summed E-state index contributed by atoms with van der Waals surface area (Å²) in [5.74, 6) is 0.828. The van der Waals surface area contributed by atoms with Crippen LogP contribution < -0.4 is 5.32 Å². The molecule has 3 aliphatic rings. The van der Waals surface area contributed by atoms with Crippen molar-refractivity contribution in [2.45, 2.75) is 102 Å². The molecule has 9 heteroatoms. The first-order valence-electron chi connectivity index (χ1n) is 16.5. The number of rotatable bonds is 8. The SMILES string of the molecule is Cn1c(C(=O)N2CCN([C@H]3CC[C@H](O[Si](C)(C)C(C)(C)C)CC3)C(=O)C2)nc2c(NCc3ccccc3)cc(C3CC3)cc21. The highest BCUT2D eigenvalue weighted by Crippen LogP contribution is 2.43. The molecule has 1 aliphatic heterocycles. The molecule has 236 valence electrons. The highest BCUT2D eigenvalue weighted by atomic mass is 28.4. The third kappa shape index (κ3) is 6.31. The normalized spacial score (nSPS) is 21.6. The minimum absolute atomic E-state index is 0.0402. The summed E-state index contributed by atoms with van der Waals surface area (Å²) >= 11 is 0. The van der Waals surface area contributed by atoms with Crippen molar-refractivity contribution >= 4 is 36.9 Å². The molecule has 2 saturated carbocycles. The van der Waals surface area contributed by atoms with Crippen molar-refractivity contribution in [3.8, 4) is 0 Å². The van der Waals surface area contributed by atoms with Crippen molar-refractivity contribution in [2.75, 3.05) is 25.0 Å². The van der Waals surface area contributed by atoms with E-state index in [1.165, 1.54) is 24.0 Å². The quantitative estimate of drug-likeness (QED) is 0.286. The number of benzene rings is 2. The van der Waals surface area contributed by atoms with Gasteiger partial charge in [-0.15, -0.1) is 0 Å². The van der Waals surface area contributed by atoms with E-state index in [4.69, 9.17) is 9.41 Å². The van der Waals surface area contributed by atoms with E-state index in [1.54, 1.807) is 4.90 Å². The Hall–Kier alpha value is -3.17. The predicted octanol–water partition coefficient (Wildman–Crippen LogP) is 6.68. The summed E-state index contributed by atoms with van der Waals surface area (Å²) in [4.78, 5) is 35.8. The summed E-state index contributed by atoms with van der Waals surface area (Å²) < 4.78 is 8.59. The molecular weight excluding hydrogens is 567 g/mol. The number of fused-ring (bicyclic) bond motifs is 1. The summed E-state index contributed by atoms with van der Waals surface area (Å²) in [5, 5.41) is 3.79. The number of hydrogen-bond acceptors (Lipinski definition) is 5. The van der Waals surface area contributed by atoms with Crippen LogP contribution in [0.1, 0.15) is 87.0 Å². The van der Waals surface area contributed by atoms with Gasteiger partial charge in [-0.2, -0.15) is 0 Å². The Bertz CT molecular complexity index is 1520. The Labute approximate surface area is 263 Å². The van der Waals surface area contributed by atoms with Gasteiger partial charge in [0.15, 0.2) is 14.1 Å². The molecule has 2 heterocycles. The smallest absolute Gasteiger partial charge is 0.290 e. The number of carbonyl (C=O) groups excluding carboxylic acids is 2. The maximum absolute atomic E-state index is 13.8. The second-order valence-electron chi connectivity index (χ2n) is 14.7. The van der Waals surface area contributed by atoms with Gasteiger partial charge < -0.3 is 24.1 Å². The molecule has 0 bridgehead atoms. The van der Waals surface area contributed by atoms with E-state index in [1.807, 2.05) is 34.7 Å². The fourth-order valence-corrected chi connectivity index (χ4v) is 7.96. The maximum Gasteiger partial charge on any atom is 0.290 e. The van der Waals surface area contributed by atoms with Gasteiger partial charge in [0.1, 0.15) is 12.1 Å². The lowest BCUT2D eigenvalue weighted by atomic mass is 9.91. The van der Waals surface area contributed by atoms with Crippen LogP contribution in [0.15, 0.2) is 42.5 Å². The maximum atomic E-state index is 13.8. The van der Waals surface area contributed by atoms with Crippen molar-refractivity contribution in [3.63, 3.8) is 0 Å². The fraction of sp³-hybridized carbons (Fsp3) is 0.571. The monoisotopic (exact) mass is 615 g/mol. The first-order valence-corrected chi connectivity index (χ1v) is 19.4. The van der Waals surface area contributed by atoms with E-state index in [2.05, 4.69) is 63.4 Å².